The molecule has 1 aliphatic rings. The molecule has 1 fully saturated rings. The van der Waals surface area contributed by atoms with Gasteiger partial charge in [-0.15, -0.1) is 0 Å². The maximum atomic E-state index is 10.8. The van der Waals surface area contributed by atoms with Crippen LogP contribution in [0.25, 0.3) is 0 Å². The molecule has 0 bridgehead atoms. The first-order valence-corrected chi connectivity index (χ1v) is 3.21. The summed E-state index contributed by atoms with van der Waals surface area (Å²) in [5, 5.41) is 8.48. The molecule has 0 aliphatic heterocycles. The standard InChI is InChI=1S/C7H10O2.Na/c8-5-6-3-1-2-4-7(6)9;/h5,8H,1-4H2;/b6-5+;. The molecule has 1 N–H and O–H groups in total. The number of aliphatic hydroxyl groups is 1. The van der Waals surface area contributed by atoms with Crippen LogP contribution in [0, 0.1) is 0 Å². The van der Waals surface area contributed by atoms with Gasteiger partial charge in [-0.05, 0) is 19.3 Å². The summed E-state index contributed by atoms with van der Waals surface area (Å²) in [4.78, 5) is 10.8. The van der Waals surface area contributed by atoms with E-state index in [1.54, 1.807) is 0 Å². The van der Waals surface area contributed by atoms with Crippen LogP contribution in [-0.4, -0.2) is 40.4 Å². The number of allylic oxidation sites excluding steroid dienone is 1. The Morgan fingerprint density at radius 2 is 1.90 bits per heavy atom. The van der Waals surface area contributed by atoms with Crippen LogP contribution in [0.3, 0.4) is 0 Å². The van der Waals surface area contributed by atoms with Crippen molar-refractivity contribution in [3.05, 3.63) is 11.8 Å². The summed E-state index contributed by atoms with van der Waals surface area (Å²) in [6, 6.07) is 0. The van der Waals surface area contributed by atoms with Crippen molar-refractivity contribution >= 4 is 35.3 Å². The molecule has 0 amide bonds. The molecule has 51 valence electrons. The van der Waals surface area contributed by atoms with E-state index in [1.165, 1.54) is 0 Å². The van der Waals surface area contributed by atoms with Crippen LogP contribution in [0.1, 0.15) is 25.7 Å². The van der Waals surface area contributed by atoms with Gasteiger partial charge in [-0.3, -0.25) is 4.79 Å². The number of Topliss-reactive ketones (excluding diaryl/α,β-unsaturated/α-hetero) is 1. The van der Waals surface area contributed by atoms with Crippen LogP contribution >= 0.6 is 0 Å². The van der Waals surface area contributed by atoms with Crippen LogP contribution in [0.15, 0.2) is 11.8 Å². The van der Waals surface area contributed by atoms with Crippen molar-refractivity contribution < 1.29 is 9.90 Å². The van der Waals surface area contributed by atoms with Crippen LogP contribution in [0.4, 0.5) is 0 Å². The molecular weight excluding hydrogens is 139 g/mol. The van der Waals surface area contributed by atoms with Crippen molar-refractivity contribution in [3.63, 3.8) is 0 Å². The SMILES string of the molecule is O=C1CCCC/C1=C\O.[Na]. The first-order valence-electron chi connectivity index (χ1n) is 3.21. The van der Waals surface area contributed by atoms with Gasteiger partial charge in [-0.1, -0.05) is 0 Å². The van der Waals surface area contributed by atoms with Crippen molar-refractivity contribution in [2.24, 2.45) is 0 Å². The monoisotopic (exact) mass is 149 g/mol. The molecule has 0 aromatic heterocycles. The van der Waals surface area contributed by atoms with Crippen molar-refractivity contribution in [3.8, 4) is 0 Å². The number of hydrogen-bond acceptors (Lipinski definition) is 2. The van der Waals surface area contributed by atoms with E-state index in [0.29, 0.717) is 12.0 Å². The number of hydrogen-bond donors (Lipinski definition) is 1. The van der Waals surface area contributed by atoms with E-state index < -0.39 is 0 Å². The van der Waals surface area contributed by atoms with Crippen molar-refractivity contribution in [1.82, 2.24) is 0 Å². The Morgan fingerprint density at radius 1 is 1.30 bits per heavy atom. The normalized spacial score (nSPS) is 22.4. The van der Waals surface area contributed by atoms with Gasteiger partial charge in [0.15, 0.2) is 5.78 Å². The Labute approximate surface area is 82.6 Å². The van der Waals surface area contributed by atoms with Crippen molar-refractivity contribution in [2.75, 3.05) is 0 Å². The van der Waals surface area contributed by atoms with E-state index in [4.69, 9.17) is 5.11 Å². The topological polar surface area (TPSA) is 37.3 Å². The molecule has 1 aliphatic carbocycles. The molecule has 0 unspecified atom stereocenters. The molecule has 1 saturated carbocycles. The average Bonchev–Trinajstić information content (AvgIpc) is 1.89. The molecule has 1 rings (SSSR count). The fourth-order valence-corrected chi connectivity index (χ4v) is 1.04. The fourth-order valence-electron chi connectivity index (χ4n) is 1.04. The second-order valence-electron chi connectivity index (χ2n) is 2.28. The Morgan fingerprint density at radius 3 is 2.30 bits per heavy atom. The molecule has 0 aromatic rings. The molecule has 10 heavy (non-hydrogen) atoms. The second kappa shape index (κ2) is 4.94. The van der Waals surface area contributed by atoms with Gasteiger partial charge in [0.05, 0.1) is 6.26 Å². The summed E-state index contributed by atoms with van der Waals surface area (Å²) < 4.78 is 0. The number of aliphatic hydroxyl groups excluding tert-OH is 1. The predicted octanol–water partition coefficient (Wildman–Crippen LogP) is 1.19. The minimum Gasteiger partial charge on any atom is -0.515 e. The summed E-state index contributed by atoms with van der Waals surface area (Å²) in [6.45, 7) is 0. The Balaban J connectivity index is 0.000000810. The van der Waals surface area contributed by atoms with E-state index in [0.717, 1.165) is 25.5 Å². The zero-order chi connectivity index (χ0) is 6.69. The Kier molecular flexibility index (Phi) is 5.04. The summed E-state index contributed by atoms with van der Waals surface area (Å²) >= 11 is 0. The molecule has 0 heterocycles. The van der Waals surface area contributed by atoms with Crippen LogP contribution in [0.5, 0.6) is 0 Å². The maximum Gasteiger partial charge on any atom is 0.161 e. The van der Waals surface area contributed by atoms with Crippen LogP contribution in [-0.2, 0) is 4.79 Å². The minimum absolute atomic E-state index is 0. The first kappa shape index (κ1) is 10.2. The zero-order valence-corrected chi connectivity index (χ0v) is 8.26. The molecule has 1 radical (unpaired) electrons. The smallest absolute Gasteiger partial charge is 0.161 e. The molecule has 0 saturated heterocycles. The summed E-state index contributed by atoms with van der Waals surface area (Å²) in [5.41, 5.74) is 0.598. The molecule has 0 aromatic carbocycles. The molecule has 2 nitrogen and oxygen atoms in total. The first-order chi connectivity index (χ1) is 4.34. The average molecular weight is 149 g/mol. The maximum absolute atomic E-state index is 10.8. The summed E-state index contributed by atoms with van der Waals surface area (Å²) in [7, 11) is 0. The van der Waals surface area contributed by atoms with Gasteiger partial charge in [0.25, 0.3) is 0 Å². The van der Waals surface area contributed by atoms with E-state index >= 15 is 0 Å². The second-order valence-corrected chi connectivity index (χ2v) is 2.28. The zero-order valence-electron chi connectivity index (χ0n) is 6.26. The largest absolute Gasteiger partial charge is 0.515 e. The van der Waals surface area contributed by atoms with E-state index in [9.17, 15) is 4.79 Å². The molecule has 0 atom stereocenters. The van der Waals surface area contributed by atoms with Crippen LogP contribution < -0.4 is 0 Å². The number of rotatable bonds is 0. The van der Waals surface area contributed by atoms with Gasteiger partial charge < -0.3 is 5.11 Å². The van der Waals surface area contributed by atoms with Crippen molar-refractivity contribution in [2.45, 2.75) is 25.7 Å². The van der Waals surface area contributed by atoms with E-state index in [1.807, 2.05) is 0 Å². The van der Waals surface area contributed by atoms with Gasteiger partial charge >= 0.3 is 0 Å². The Hall–Kier alpha value is 0.210. The number of carbonyl (C=O) groups is 1. The van der Waals surface area contributed by atoms with Gasteiger partial charge in [0.1, 0.15) is 0 Å². The van der Waals surface area contributed by atoms with E-state index in [2.05, 4.69) is 0 Å². The third kappa shape index (κ3) is 2.45. The molecular formula is C7H10NaO2. The third-order valence-electron chi connectivity index (χ3n) is 1.61. The van der Waals surface area contributed by atoms with Gasteiger partial charge in [-0.2, -0.15) is 0 Å². The van der Waals surface area contributed by atoms with Gasteiger partial charge in [-0.25, -0.2) is 0 Å². The fraction of sp³-hybridized carbons (Fsp3) is 0.571. The van der Waals surface area contributed by atoms with Crippen LogP contribution in [0.2, 0.25) is 0 Å². The summed E-state index contributed by atoms with van der Waals surface area (Å²) in [6.07, 6.45) is 4.34. The molecule has 3 heteroatoms. The minimum atomic E-state index is 0. The Bertz CT molecular complexity index is 152. The van der Waals surface area contributed by atoms with Crippen molar-refractivity contribution in [1.29, 1.82) is 0 Å². The number of carbonyl (C=O) groups excluding carboxylic acids is 1. The quantitative estimate of drug-likeness (QED) is 0.319. The molecule has 0 spiro atoms. The third-order valence-corrected chi connectivity index (χ3v) is 1.61. The van der Waals surface area contributed by atoms with E-state index in [-0.39, 0.29) is 35.3 Å². The number of ketones is 1. The van der Waals surface area contributed by atoms with Gasteiger partial charge in [0, 0.05) is 41.6 Å². The summed E-state index contributed by atoms with van der Waals surface area (Å²) in [5.74, 6) is 0.115. The van der Waals surface area contributed by atoms with Gasteiger partial charge in [0.2, 0.25) is 0 Å². The predicted molar refractivity (Wildman–Crippen MR) is 39.9 cm³/mol.